The molecule has 0 spiro atoms. The maximum atomic E-state index is 13.2. The summed E-state index contributed by atoms with van der Waals surface area (Å²) in [5, 5.41) is 0. The number of hydrogen-bond donors (Lipinski definition) is 0. The van der Waals surface area contributed by atoms with Crippen molar-refractivity contribution in [2.24, 2.45) is 0 Å². The zero-order valence-corrected chi connectivity index (χ0v) is 18.8. The van der Waals surface area contributed by atoms with Crippen LogP contribution in [0.3, 0.4) is 0 Å². The third-order valence-electron chi connectivity index (χ3n) is 4.92. The molecule has 158 valence electrons. The van der Waals surface area contributed by atoms with Gasteiger partial charge in [-0.1, -0.05) is 57.0 Å². The van der Waals surface area contributed by atoms with Crippen molar-refractivity contribution in [1.82, 2.24) is 9.80 Å². The van der Waals surface area contributed by atoms with Crippen LogP contribution in [-0.2, 0) is 22.7 Å². The van der Waals surface area contributed by atoms with E-state index in [2.05, 4.69) is 32.9 Å². The van der Waals surface area contributed by atoms with E-state index >= 15 is 0 Å². The molecule has 5 heteroatoms. The van der Waals surface area contributed by atoms with Gasteiger partial charge < -0.3 is 9.80 Å². The minimum atomic E-state index is 0.0147. The lowest BCUT2D eigenvalue weighted by Gasteiger charge is -2.28. The number of rotatable bonds is 12. The number of hydrogen-bond acceptors (Lipinski definition) is 3. The zero-order valence-electron chi connectivity index (χ0n) is 18.0. The van der Waals surface area contributed by atoms with Crippen molar-refractivity contribution in [3.63, 3.8) is 0 Å². The highest BCUT2D eigenvalue weighted by atomic mass is 32.1. The van der Waals surface area contributed by atoms with Gasteiger partial charge in [0.15, 0.2) is 0 Å². The molecule has 0 N–H and O–H groups in total. The Kier molecular flexibility index (Phi) is 9.92. The van der Waals surface area contributed by atoms with E-state index < -0.39 is 0 Å². The minimum Gasteiger partial charge on any atom is -0.333 e. The highest BCUT2D eigenvalue weighted by Gasteiger charge is 2.21. The molecule has 0 atom stereocenters. The molecule has 0 fully saturated rings. The summed E-state index contributed by atoms with van der Waals surface area (Å²) in [4.78, 5) is 31.9. The van der Waals surface area contributed by atoms with Crippen molar-refractivity contribution < 1.29 is 9.59 Å². The molecule has 1 heterocycles. The van der Waals surface area contributed by atoms with E-state index in [-0.39, 0.29) is 18.4 Å². The van der Waals surface area contributed by atoms with Crippen LogP contribution >= 0.6 is 11.3 Å². The predicted molar refractivity (Wildman–Crippen MR) is 121 cm³/mol. The summed E-state index contributed by atoms with van der Waals surface area (Å²) in [6.45, 7) is 8.23. The second kappa shape index (κ2) is 12.4. The average molecular weight is 415 g/mol. The van der Waals surface area contributed by atoms with Crippen molar-refractivity contribution in [1.29, 1.82) is 0 Å². The fourth-order valence-corrected chi connectivity index (χ4v) is 4.09. The Labute approximate surface area is 179 Å². The quantitative estimate of drug-likeness (QED) is 0.466. The van der Waals surface area contributed by atoms with Gasteiger partial charge in [0.25, 0.3) is 0 Å². The van der Waals surface area contributed by atoms with Crippen molar-refractivity contribution >= 4 is 23.2 Å². The first kappa shape index (κ1) is 23.1. The van der Waals surface area contributed by atoms with Crippen LogP contribution in [0.5, 0.6) is 0 Å². The number of nitrogens with zero attached hydrogens (tertiary/aromatic N) is 2. The van der Waals surface area contributed by atoms with Crippen LogP contribution in [0.1, 0.15) is 61.3 Å². The van der Waals surface area contributed by atoms with E-state index in [1.54, 1.807) is 16.2 Å². The Morgan fingerprint density at radius 1 is 0.862 bits per heavy atom. The van der Waals surface area contributed by atoms with Crippen LogP contribution in [0.4, 0.5) is 0 Å². The van der Waals surface area contributed by atoms with Crippen molar-refractivity contribution in [3.8, 4) is 0 Å². The Morgan fingerprint density at radius 3 is 2.21 bits per heavy atom. The summed E-state index contributed by atoms with van der Waals surface area (Å²) >= 11 is 1.72. The van der Waals surface area contributed by atoms with E-state index in [1.807, 2.05) is 35.2 Å². The molecule has 0 saturated carbocycles. The number of thiophene rings is 1. The van der Waals surface area contributed by atoms with Crippen LogP contribution in [-0.4, -0.2) is 34.7 Å². The smallest absolute Gasteiger partial charge is 0.242 e. The van der Waals surface area contributed by atoms with Crippen LogP contribution in [0.15, 0.2) is 42.5 Å². The van der Waals surface area contributed by atoms with Gasteiger partial charge in [0.1, 0.15) is 0 Å². The monoisotopic (exact) mass is 414 g/mol. The van der Waals surface area contributed by atoms with Gasteiger partial charge in [0.2, 0.25) is 11.8 Å². The molecule has 2 aromatic rings. The molecular weight excluding hydrogens is 380 g/mol. The molecule has 0 saturated heterocycles. The lowest BCUT2D eigenvalue weighted by molar-refractivity contribution is -0.141. The van der Waals surface area contributed by atoms with Crippen LogP contribution in [0.2, 0.25) is 0 Å². The summed E-state index contributed by atoms with van der Waals surface area (Å²) in [5.74, 6) is 0.112. The molecule has 4 nitrogen and oxygen atoms in total. The van der Waals surface area contributed by atoms with Crippen molar-refractivity contribution in [2.45, 2.75) is 66.0 Å². The number of amides is 2. The predicted octanol–water partition coefficient (Wildman–Crippen LogP) is 5.40. The third-order valence-corrected chi connectivity index (χ3v) is 5.90. The van der Waals surface area contributed by atoms with Gasteiger partial charge in [-0.15, -0.1) is 11.3 Å². The summed E-state index contributed by atoms with van der Waals surface area (Å²) < 4.78 is 0. The number of benzene rings is 1. The number of carbonyl (C=O) groups is 2. The zero-order chi connectivity index (χ0) is 21.1. The molecule has 2 amide bonds. The van der Waals surface area contributed by atoms with Gasteiger partial charge in [-0.3, -0.25) is 9.59 Å². The fraction of sp³-hybridized carbons (Fsp3) is 0.500. The topological polar surface area (TPSA) is 40.6 Å². The second-order valence-corrected chi connectivity index (χ2v) is 8.89. The largest absolute Gasteiger partial charge is 0.333 e. The maximum Gasteiger partial charge on any atom is 0.242 e. The van der Waals surface area contributed by atoms with Gasteiger partial charge in [0.05, 0.1) is 13.1 Å². The Morgan fingerprint density at radius 2 is 1.59 bits per heavy atom. The Balaban J connectivity index is 2.13. The van der Waals surface area contributed by atoms with E-state index in [0.29, 0.717) is 26.1 Å². The summed E-state index contributed by atoms with van der Waals surface area (Å²) in [5.41, 5.74) is 1.10. The summed E-state index contributed by atoms with van der Waals surface area (Å²) in [6.07, 6.45) is 4.31. The lowest BCUT2D eigenvalue weighted by atomic mass is 10.2. The molecule has 0 unspecified atom stereocenters. The highest BCUT2D eigenvalue weighted by molar-refractivity contribution is 7.11. The van der Waals surface area contributed by atoms with Crippen LogP contribution in [0.25, 0.3) is 0 Å². The summed E-state index contributed by atoms with van der Waals surface area (Å²) in [6, 6.07) is 14.2. The number of carbonyl (C=O) groups excluding carboxylic acids is 2. The standard InChI is InChI=1S/C24H34N2O2S/c1-4-6-13-23(27)25(16-7-5-2)19-24(28)26(17-21-11-9-8-10-12-21)18-22-15-14-20(3)29-22/h8-12,14-15H,4-7,13,16-19H2,1-3H3. The number of unbranched alkanes of at least 4 members (excludes halogenated alkanes) is 2. The molecular formula is C24H34N2O2S. The lowest BCUT2D eigenvalue weighted by Crippen LogP contribution is -2.42. The Bertz CT molecular complexity index is 757. The SMILES string of the molecule is CCCCC(=O)N(CCCC)CC(=O)N(Cc1ccccc1)Cc1ccc(C)s1. The van der Waals surface area contributed by atoms with Crippen molar-refractivity contribution in [2.75, 3.05) is 13.1 Å². The van der Waals surface area contributed by atoms with E-state index in [0.717, 1.165) is 31.2 Å². The molecule has 1 aromatic heterocycles. The first-order valence-corrected chi connectivity index (χ1v) is 11.5. The summed E-state index contributed by atoms with van der Waals surface area (Å²) in [7, 11) is 0. The molecule has 2 rings (SSSR count). The van der Waals surface area contributed by atoms with Gasteiger partial charge in [-0.2, -0.15) is 0 Å². The van der Waals surface area contributed by atoms with Crippen molar-refractivity contribution in [3.05, 3.63) is 57.8 Å². The van der Waals surface area contributed by atoms with Gasteiger partial charge in [-0.25, -0.2) is 0 Å². The number of aryl methyl sites for hydroxylation is 1. The fourth-order valence-electron chi connectivity index (χ4n) is 3.18. The first-order valence-electron chi connectivity index (χ1n) is 10.7. The highest BCUT2D eigenvalue weighted by Crippen LogP contribution is 2.19. The molecule has 0 aliphatic carbocycles. The second-order valence-electron chi connectivity index (χ2n) is 7.52. The molecule has 0 bridgehead atoms. The molecule has 0 aliphatic heterocycles. The molecule has 29 heavy (non-hydrogen) atoms. The maximum absolute atomic E-state index is 13.2. The van der Waals surface area contributed by atoms with E-state index in [9.17, 15) is 9.59 Å². The van der Waals surface area contributed by atoms with Gasteiger partial charge in [0, 0.05) is 29.3 Å². The van der Waals surface area contributed by atoms with Gasteiger partial charge in [-0.05, 0) is 37.5 Å². The van der Waals surface area contributed by atoms with E-state index in [4.69, 9.17) is 0 Å². The average Bonchev–Trinajstić information content (AvgIpc) is 3.14. The molecule has 0 radical (unpaired) electrons. The molecule has 1 aromatic carbocycles. The van der Waals surface area contributed by atoms with Crippen LogP contribution in [0, 0.1) is 6.92 Å². The molecule has 0 aliphatic rings. The Hall–Kier alpha value is -2.14. The van der Waals surface area contributed by atoms with E-state index in [1.165, 1.54) is 9.75 Å². The van der Waals surface area contributed by atoms with Gasteiger partial charge >= 0.3 is 0 Å². The normalized spacial score (nSPS) is 10.7. The third kappa shape index (κ3) is 8.01. The first-order chi connectivity index (χ1) is 14.0. The van der Waals surface area contributed by atoms with Crippen LogP contribution < -0.4 is 0 Å². The minimum absolute atomic E-state index is 0.0147.